The van der Waals surface area contributed by atoms with Crippen LogP contribution in [0.2, 0.25) is 5.02 Å². The molecule has 1 atom stereocenters. The molecule has 2 aromatic carbocycles. The fourth-order valence-electron chi connectivity index (χ4n) is 3.88. The maximum Gasteiger partial charge on any atom is 0.251 e. The van der Waals surface area contributed by atoms with Gasteiger partial charge in [0.05, 0.1) is 27.4 Å². The van der Waals surface area contributed by atoms with E-state index in [0.717, 1.165) is 18.7 Å². The Morgan fingerprint density at radius 1 is 1.00 bits per heavy atom. The lowest BCUT2D eigenvalue weighted by Crippen LogP contribution is -2.40. The van der Waals surface area contributed by atoms with E-state index in [2.05, 4.69) is 10.2 Å². The summed E-state index contributed by atoms with van der Waals surface area (Å²) in [7, 11) is 4.60. The maximum absolute atomic E-state index is 13.0. The summed E-state index contributed by atoms with van der Waals surface area (Å²) in [5, 5.41) is 3.79. The molecule has 1 heterocycles. The molecule has 0 unspecified atom stereocenters. The predicted molar refractivity (Wildman–Crippen MR) is 118 cm³/mol. The van der Waals surface area contributed by atoms with E-state index in [1.807, 2.05) is 24.3 Å². The number of benzene rings is 2. The van der Waals surface area contributed by atoms with Crippen molar-refractivity contribution in [1.82, 2.24) is 10.2 Å². The monoisotopic (exact) mass is 432 g/mol. The summed E-state index contributed by atoms with van der Waals surface area (Å²) in [6.07, 6.45) is 3.59. The molecule has 0 radical (unpaired) electrons. The van der Waals surface area contributed by atoms with Gasteiger partial charge in [-0.2, -0.15) is 0 Å². The average Bonchev–Trinajstić information content (AvgIpc) is 2.79. The number of likely N-dealkylation sites (tertiary alicyclic amines) is 1. The number of hydrogen-bond donors (Lipinski definition) is 1. The van der Waals surface area contributed by atoms with Gasteiger partial charge in [-0.05, 0) is 55.8 Å². The molecule has 1 aliphatic heterocycles. The molecule has 0 aromatic heterocycles. The summed E-state index contributed by atoms with van der Waals surface area (Å²) in [6.45, 7) is 2.54. The Morgan fingerprint density at radius 3 is 2.13 bits per heavy atom. The quantitative estimate of drug-likeness (QED) is 0.673. The Hall–Kier alpha value is -2.44. The van der Waals surface area contributed by atoms with Gasteiger partial charge in [0.15, 0.2) is 11.5 Å². The number of carbonyl (C=O) groups excluding carboxylic acids is 1. The SMILES string of the molecule is COc1cc(C(=O)NC[C@H](c2ccc(Cl)cc2)N2CCCCC2)cc(OC)c1OC. The van der Waals surface area contributed by atoms with Crippen LogP contribution in [0.3, 0.4) is 0 Å². The van der Waals surface area contributed by atoms with Gasteiger partial charge in [0, 0.05) is 17.1 Å². The Labute approximate surface area is 183 Å². The molecule has 6 nitrogen and oxygen atoms in total. The van der Waals surface area contributed by atoms with Crippen LogP contribution in [0.5, 0.6) is 17.2 Å². The minimum Gasteiger partial charge on any atom is -0.493 e. The molecule has 0 saturated carbocycles. The fourth-order valence-corrected chi connectivity index (χ4v) is 4.00. The first kappa shape index (κ1) is 22.2. The van der Waals surface area contributed by atoms with Crippen molar-refractivity contribution < 1.29 is 19.0 Å². The zero-order valence-corrected chi connectivity index (χ0v) is 18.5. The highest BCUT2D eigenvalue weighted by molar-refractivity contribution is 6.30. The van der Waals surface area contributed by atoms with Crippen LogP contribution >= 0.6 is 11.6 Å². The first-order chi connectivity index (χ1) is 14.6. The number of halogens is 1. The van der Waals surface area contributed by atoms with Crippen molar-refractivity contribution in [2.75, 3.05) is 41.0 Å². The van der Waals surface area contributed by atoms with Crippen molar-refractivity contribution in [2.24, 2.45) is 0 Å². The van der Waals surface area contributed by atoms with Gasteiger partial charge < -0.3 is 19.5 Å². The molecule has 3 rings (SSSR count). The van der Waals surface area contributed by atoms with E-state index in [1.165, 1.54) is 40.6 Å². The fraction of sp³-hybridized carbons (Fsp3) is 0.435. The van der Waals surface area contributed by atoms with Crippen LogP contribution in [0, 0.1) is 0 Å². The molecule has 1 N–H and O–H groups in total. The lowest BCUT2D eigenvalue weighted by atomic mass is 10.0. The third-order valence-electron chi connectivity index (χ3n) is 5.47. The zero-order valence-electron chi connectivity index (χ0n) is 17.7. The van der Waals surface area contributed by atoms with E-state index in [9.17, 15) is 4.79 Å². The van der Waals surface area contributed by atoms with Gasteiger partial charge in [0.25, 0.3) is 5.91 Å². The standard InChI is InChI=1S/C23H29ClN2O4/c1-28-20-13-17(14-21(29-2)22(20)30-3)23(27)25-15-19(26-11-5-4-6-12-26)16-7-9-18(24)10-8-16/h7-10,13-14,19H,4-6,11-12,15H2,1-3H3,(H,25,27)/t19-/m1/s1. The van der Waals surface area contributed by atoms with Crippen molar-refractivity contribution in [3.63, 3.8) is 0 Å². The van der Waals surface area contributed by atoms with Crippen molar-refractivity contribution in [2.45, 2.75) is 25.3 Å². The normalized spacial score (nSPS) is 15.3. The lowest BCUT2D eigenvalue weighted by Gasteiger charge is -2.35. The van der Waals surface area contributed by atoms with E-state index in [1.54, 1.807) is 12.1 Å². The molecule has 0 spiro atoms. The Morgan fingerprint density at radius 2 is 1.60 bits per heavy atom. The average molecular weight is 433 g/mol. The Bertz CT molecular complexity index is 826. The number of hydrogen-bond acceptors (Lipinski definition) is 5. The van der Waals surface area contributed by atoms with Gasteiger partial charge in [-0.15, -0.1) is 0 Å². The first-order valence-electron chi connectivity index (χ1n) is 10.1. The van der Waals surface area contributed by atoms with Gasteiger partial charge in [0.2, 0.25) is 5.75 Å². The number of carbonyl (C=O) groups is 1. The highest BCUT2D eigenvalue weighted by Gasteiger charge is 2.24. The molecule has 1 amide bonds. The van der Waals surface area contributed by atoms with Crippen LogP contribution in [0.15, 0.2) is 36.4 Å². The van der Waals surface area contributed by atoms with Crippen LogP contribution in [0.25, 0.3) is 0 Å². The Kier molecular flexibility index (Phi) is 7.82. The number of ether oxygens (including phenoxy) is 3. The van der Waals surface area contributed by atoms with Crippen molar-refractivity contribution in [3.8, 4) is 17.2 Å². The second kappa shape index (κ2) is 10.5. The van der Waals surface area contributed by atoms with Crippen LogP contribution < -0.4 is 19.5 Å². The summed E-state index contributed by atoms with van der Waals surface area (Å²) < 4.78 is 16.1. The van der Waals surface area contributed by atoms with Crippen LogP contribution in [-0.2, 0) is 0 Å². The first-order valence-corrected chi connectivity index (χ1v) is 10.5. The van der Waals surface area contributed by atoms with Crippen molar-refractivity contribution >= 4 is 17.5 Å². The summed E-state index contributed by atoms with van der Waals surface area (Å²) in [5.41, 5.74) is 1.60. The zero-order chi connectivity index (χ0) is 21.5. The lowest BCUT2D eigenvalue weighted by molar-refractivity contribution is 0.0923. The number of amides is 1. The Balaban J connectivity index is 1.79. The third kappa shape index (κ3) is 5.18. The molecule has 7 heteroatoms. The van der Waals surface area contributed by atoms with E-state index >= 15 is 0 Å². The van der Waals surface area contributed by atoms with Crippen molar-refractivity contribution in [3.05, 3.63) is 52.5 Å². The maximum atomic E-state index is 13.0. The van der Waals surface area contributed by atoms with Gasteiger partial charge in [-0.3, -0.25) is 9.69 Å². The number of rotatable bonds is 8. The molecular formula is C23H29ClN2O4. The molecule has 2 aromatic rings. The minimum absolute atomic E-state index is 0.0913. The predicted octanol–water partition coefficient (Wildman–Crippen LogP) is 4.32. The molecule has 30 heavy (non-hydrogen) atoms. The van der Waals surface area contributed by atoms with E-state index in [0.29, 0.717) is 34.4 Å². The molecule has 0 aliphatic carbocycles. The van der Waals surface area contributed by atoms with Gasteiger partial charge in [-0.25, -0.2) is 0 Å². The van der Waals surface area contributed by atoms with E-state index < -0.39 is 0 Å². The van der Waals surface area contributed by atoms with Gasteiger partial charge in [-0.1, -0.05) is 30.2 Å². The molecule has 0 bridgehead atoms. The molecule has 1 fully saturated rings. The number of piperidine rings is 1. The largest absolute Gasteiger partial charge is 0.493 e. The van der Waals surface area contributed by atoms with E-state index in [-0.39, 0.29) is 11.9 Å². The second-order valence-corrected chi connectivity index (χ2v) is 7.72. The number of nitrogens with zero attached hydrogens (tertiary/aromatic N) is 1. The molecule has 1 saturated heterocycles. The van der Waals surface area contributed by atoms with E-state index in [4.69, 9.17) is 25.8 Å². The number of nitrogens with one attached hydrogen (secondary N) is 1. The summed E-state index contributed by atoms with van der Waals surface area (Å²) in [5.74, 6) is 1.17. The molecular weight excluding hydrogens is 404 g/mol. The smallest absolute Gasteiger partial charge is 0.251 e. The third-order valence-corrected chi connectivity index (χ3v) is 5.72. The summed E-state index contributed by atoms with van der Waals surface area (Å²) in [4.78, 5) is 15.4. The summed E-state index contributed by atoms with van der Waals surface area (Å²) >= 11 is 6.07. The van der Waals surface area contributed by atoms with Crippen LogP contribution in [0.1, 0.15) is 41.2 Å². The molecule has 162 valence electrons. The molecule has 1 aliphatic rings. The summed E-state index contributed by atoms with van der Waals surface area (Å²) in [6, 6.07) is 11.3. The second-order valence-electron chi connectivity index (χ2n) is 7.29. The number of methoxy groups -OCH3 is 3. The van der Waals surface area contributed by atoms with Gasteiger partial charge >= 0.3 is 0 Å². The van der Waals surface area contributed by atoms with Gasteiger partial charge in [0.1, 0.15) is 0 Å². The highest BCUT2D eigenvalue weighted by Crippen LogP contribution is 2.38. The topological polar surface area (TPSA) is 60.0 Å². The van der Waals surface area contributed by atoms with Crippen LogP contribution in [0.4, 0.5) is 0 Å². The van der Waals surface area contributed by atoms with Crippen molar-refractivity contribution in [1.29, 1.82) is 0 Å². The minimum atomic E-state index is -0.190. The van der Waals surface area contributed by atoms with Crippen LogP contribution in [-0.4, -0.2) is 51.8 Å². The highest BCUT2D eigenvalue weighted by atomic mass is 35.5.